The molecule has 3 rings (SSSR count). The van der Waals surface area contributed by atoms with Crippen LogP contribution in [0.5, 0.6) is 0 Å². The maximum absolute atomic E-state index is 5.92. The lowest BCUT2D eigenvalue weighted by Crippen LogP contribution is -2.47. The van der Waals surface area contributed by atoms with Crippen molar-refractivity contribution < 1.29 is 0 Å². The predicted octanol–water partition coefficient (Wildman–Crippen LogP) is 4.50. The number of hydrogen-bond acceptors (Lipinski definition) is 2. The molecule has 2 N–H and O–H groups in total. The van der Waals surface area contributed by atoms with E-state index in [0.717, 1.165) is 18.4 Å². The molecule has 1 heterocycles. The highest BCUT2D eigenvalue weighted by atomic mass is 79.9. The molecule has 0 bridgehead atoms. The van der Waals surface area contributed by atoms with Crippen molar-refractivity contribution in [3.63, 3.8) is 0 Å². The molecule has 3 atom stereocenters. The number of nitrogens with zero attached hydrogens (tertiary/aromatic N) is 1. The molecule has 21 heavy (non-hydrogen) atoms. The Morgan fingerprint density at radius 1 is 1.24 bits per heavy atom. The van der Waals surface area contributed by atoms with Gasteiger partial charge in [0.15, 0.2) is 0 Å². The van der Waals surface area contributed by atoms with E-state index in [1.165, 1.54) is 60.8 Å². The molecule has 2 fully saturated rings. The molecule has 2 nitrogen and oxygen atoms in total. The van der Waals surface area contributed by atoms with E-state index in [1.807, 2.05) is 0 Å². The summed E-state index contributed by atoms with van der Waals surface area (Å²) in [6, 6.07) is 7.82. The molecular formula is C18H27BrN2. The fourth-order valence-electron chi connectivity index (χ4n) is 4.21. The van der Waals surface area contributed by atoms with Crippen molar-refractivity contribution in [1.29, 1.82) is 0 Å². The van der Waals surface area contributed by atoms with Crippen LogP contribution in [0.25, 0.3) is 0 Å². The van der Waals surface area contributed by atoms with Gasteiger partial charge in [0, 0.05) is 23.1 Å². The molecule has 3 heteroatoms. The van der Waals surface area contributed by atoms with E-state index in [2.05, 4.69) is 46.0 Å². The van der Waals surface area contributed by atoms with Crippen LogP contribution in [0.3, 0.4) is 0 Å². The molecular weight excluding hydrogens is 324 g/mol. The third-order valence-electron chi connectivity index (χ3n) is 5.12. The topological polar surface area (TPSA) is 29.3 Å². The monoisotopic (exact) mass is 350 g/mol. The number of fused-ring (bicyclic) bond motifs is 1. The first kappa shape index (κ1) is 15.4. The number of hydrogen-bond donors (Lipinski definition) is 1. The third kappa shape index (κ3) is 3.45. The van der Waals surface area contributed by atoms with Gasteiger partial charge in [-0.1, -0.05) is 18.9 Å². The first-order valence-electron chi connectivity index (χ1n) is 8.46. The normalized spacial score (nSPS) is 27.3. The van der Waals surface area contributed by atoms with Crippen LogP contribution in [0.2, 0.25) is 0 Å². The van der Waals surface area contributed by atoms with Gasteiger partial charge in [-0.25, -0.2) is 0 Å². The molecule has 0 amide bonds. The van der Waals surface area contributed by atoms with Crippen molar-refractivity contribution in [2.45, 2.75) is 64.0 Å². The average Bonchev–Trinajstić information content (AvgIpc) is 2.46. The van der Waals surface area contributed by atoms with Gasteiger partial charge >= 0.3 is 0 Å². The summed E-state index contributed by atoms with van der Waals surface area (Å²) in [6.45, 7) is 3.28. The zero-order chi connectivity index (χ0) is 14.8. The Bertz CT molecular complexity index is 484. The molecule has 1 saturated carbocycles. The minimum absolute atomic E-state index is 0.223. The lowest BCUT2D eigenvalue weighted by molar-refractivity contribution is 0.243. The second kappa shape index (κ2) is 6.70. The summed E-state index contributed by atoms with van der Waals surface area (Å²) < 4.78 is 1.24. The van der Waals surface area contributed by atoms with Gasteiger partial charge in [-0.15, -0.1) is 0 Å². The zero-order valence-corrected chi connectivity index (χ0v) is 14.6. The molecule has 0 spiro atoms. The van der Waals surface area contributed by atoms with Crippen LogP contribution in [0.1, 0.15) is 51.0 Å². The van der Waals surface area contributed by atoms with Gasteiger partial charge in [0.25, 0.3) is 0 Å². The van der Waals surface area contributed by atoms with Gasteiger partial charge in [-0.2, -0.15) is 0 Å². The van der Waals surface area contributed by atoms with Crippen molar-refractivity contribution in [3.05, 3.63) is 28.2 Å². The Balaban J connectivity index is 1.81. The number of halogens is 1. The van der Waals surface area contributed by atoms with Gasteiger partial charge in [-0.05, 0) is 78.6 Å². The Kier molecular flexibility index (Phi) is 4.90. The summed E-state index contributed by atoms with van der Waals surface area (Å²) in [4.78, 5) is 2.67. The van der Waals surface area contributed by atoms with Crippen LogP contribution < -0.4 is 10.6 Å². The number of benzene rings is 1. The summed E-state index contributed by atoms with van der Waals surface area (Å²) in [7, 11) is 0. The van der Waals surface area contributed by atoms with Crippen LogP contribution in [0.4, 0.5) is 5.69 Å². The van der Waals surface area contributed by atoms with Crippen molar-refractivity contribution in [2.75, 3.05) is 11.4 Å². The first-order chi connectivity index (χ1) is 10.1. The Morgan fingerprint density at radius 2 is 2.00 bits per heavy atom. The van der Waals surface area contributed by atoms with Gasteiger partial charge in [0.05, 0.1) is 5.69 Å². The highest BCUT2D eigenvalue weighted by molar-refractivity contribution is 9.10. The number of nitrogens with two attached hydrogens (primary N) is 1. The molecule has 2 aliphatic rings. The van der Waals surface area contributed by atoms with Crippen molar-refractivity contribution in [3.8, 4) is 0 Å². The molecule has 1 aromatic carbocycles. The van der Waals surface area contributed by atoms with Gasteiger partial charge in [0.2, 0.25) is 0 Å². The molecule has 116 valence electrons. The minimum atomic E-state index is 0.223. The Labute approximate surface area is 137 Å². The minimum Gasteiger partial charge on any atom is -0.367 e. The predicted molar refractivity (Wildman–Crippen MR) is 93.8 cm³/mol. The van der Waals surface area contributed by atoms with Crippen molar-refractivity contribution in [1.82, 2.24) is 0 Å². The lowest BCUT2D eigenvalue weighted by Gasteiger charge is -2.45. The van der Waals surface area contributed by atoms with Crippen molar-refractivity contribution in [2.24, 2.45) is 11.7 Å². The van der Waals surface area contributed by atoms with E-state index >= 15 is 0 Å². The largest absolute Gasteiger partial charge is 0.367 e. The van der Waals surface area contributed by atoms with E-state index < -0.39 is 0 Å². The zero-order valence-electron chi connectivity index (χ0n) is 13.0. The summed E-state index contributed by atoms with van der Waals surface area (Å²) >= 11 is 3.81. The summed E-state index contributed by atoms with van der Waals surface area (Å²) in [6.07, 6.45) is 9.36. The average molecular weight is 351 g/mol. The Hall–Kier alpha value is -0.540. The number of piperidine rings is 1. The van der Waals surface area contributed by atoms with E-state index in [0.29, 0.717) is 0 Å². The highest BCUT2D eigenvalue weighted by Gasteiger charge is 2.33. The second-order valence-electron chi connectivity index (χ2n) is 6.91. The molecule has 1 aliphatic heterocycles. The van der Waals surface area contributed by atoms with Crippen LogP contribution >= 0.6 is 15.9 Å². The third-order valence-corrected chi connectivity index (χ3v) is 5.76. The summed E-state index contributed by atoms with van der Waals surface area (Å²) in [5.41, 5.74) is 8.64. The molecule has 1 saturated heterocycles. The van der Waals surface area contributed by atoms with E-state index in [1.54, 1.807) is 0 Å². The maximum atomic E-state index is 5.92. The number of anilines is 1. The van der Waals surface area contributed by atoms with Crippen LogP contribution in [-0.4, -0.2) is 18.6 Å². The van der Waals surface area contributed by atoms with E-state index in [4.69, 9.17) is 5.73 Å². The fourth-order valence-corrected chi connectivity index (χ4v) is 4.86. The fraction of sp³-hybridized carbons (Fsp3) is 0.667. The van der Waals surface area contributed by atoms with Crippen LogP contribution in [0, 0.1) is 5.92 Å². The SMILES string of the molecule is CC(N)Cc1ccc(N2CCCC3CCCCC32)c(Br)c1. The quantitative estimate of drug-likeness (QED) is 0.869. The van der Waals surface area contributed by atoms with Crippen LogP contribution in [-0.2, 0) is 6.42 Å². The first-order valence-corrected chi connectivity index (χ1v) is 9.25. The standard InChI is InChI=1S/C18H27BrN2/c1-13(20)11-14-8-9-18(16(19)12-14)21-10-4-6-15-5-2-3-7-17(15)21/h8-9,12-13,15,17H,2-7,10-11,20H2,1H3. The van der Waals surface area contributed by atoms with Gasteiger partial charge in [0.1, 0.15) is 0 Å². The van der Waals surface area contributed by atoms with Crippen LogP contribution in [0.15, 0.2) is 22.7 Å². The highest BCUT2D eigenvalue weighted by Crippen LogP contribution is 2.40. The second-order valence-corrected chi connectivity index (χ2v) is 7.77. The Morgan fingerprint density at radius 3 is 2.76 bits per heavy atom. The lowest BCUT2D eigenvalue weighted by atomic mass is 9.78. The van der Waals surface area contributed by atoms with Crippen molar-refractivity contribution >= 4 is 21.6 Å². The number of rotatable bonds is 3. The van der Waals surface area contributed by atoms with E-state index in [9.17, 15) is 0 Å². The molecule has 3 unspecified atom stereocenters. The van der Waals surface area contributed by atoms with Gasteiger partial charge < -0.3 is 10.6 Å². The molecule has 1 aromatic rings. The molecule has 0 radical (unpaired) electrons. The molecule has 0 aromatic heterocycles. The van der Waals surface area contributed by atoms with Gasteiger partial charge in [-0.3, -0.25) is 0 Å². The smallest absolute Gasteiger partial charge is 0.0513 e. The van der Waals surface area contributed by atoms with E-state index in [-0.39, 0.29) is 6.04 Å². The molecule has 1 aliphatic carbocycles. The summed E-state index contributed by atoms with van der Waals surface area (Å²) in [5.74, 6) is 0.920. The maximum Gasteiger partial charge on any atom is 0.0513 e. The summed E-state index contributed by atoms with van der Waals surface area (Å²) in [5, 5.41) is 0.